The van der Waals surface area contributed by atoms with Gasteiger partial charge < -0.3 is 10.4 Å². The summed E-state index contributed by atoms with van der Waals surface area (Å²) in [6, 6.07) is 2.88. The minimum Gasteiger partial charge on any atom is -0.481 e. The van der Waals surface area contributed by atoms with Crippen LogP contribution in [0.2, 0.25) is 0 Å². The molecule has 2 rings (SSSR count). The molecule has 1 fully saturated rings. The van der Waals surface area contributed by atoms with E-state index in [1.807, 2.05) is 0 Å². The lowest BCUT2D eigenvalue weighted by Crippen LogP contribution is -2.29. The summed E-state index contributed by atoms with van der Waals surface area (Å²) in [7, 11) is 0. The van der Waals surface area contributed by atoms with Crippen LogP contribution in [0.1, 0.15) is 24.9 Å². The topological polar surface area (TPSA) is 66.4 Å². The van der Waals surface area contributed by atoms with Gasteiger partial charge in [0.25, 0.3) is 0 Å². The quantitative estimate of drug-likeness (QED) is 0.876. The van der Waals surface area contributed by atoms with Gasteiger partial charge in [-0.1, -0.05) is 6.07 Å². The first-order valence-electron chi connectivity index (χ1n) is 5.88. The van der Waals surface area contributed by atoms with Gasteiger partial charge in [-0.25, -0.2) is 8.78 Å². The Labute approximate surface area is 108 Å². The normalized spacial score (nSPS) is 22.7. The third-order valence-corrected chi connectivity index (χ3v) is 3.25. The summed E-state index contributed by atoms with van der Waals surface area (Å²) in [5, 5.41) is 11.3. The largest absolute Gasteiger partial charge is 0.481 e. The number of carboxylic acids is 1. The average Bonchev–Trinajstić information content (AvgIpc) is 3.12. The zero-order chi connectivity index (χ0) is 14.2. The number of carbonyl (C=O) groups is 2. The van der Waals surface area contributed by atoms with Gasteiger partial charge >= 0.3 is 5.97 Å². The van der Waals surface area contributed by atoms with E-state index in [-0.39, 0.29) is 5.91 Å². The van der Waals surface area contributed by atoms with Crippen LogP contribution >= 0.6 is 0 Å². The van der Waals surface area contributed by atoms with Crippen LogP contribution < -0.4 is 5.32 Å². The highest BCUT2D eigenvalue weighted by molar-refractivity contribution is 5.89. The van der Waals surface area contributed by atoms with Crippen molar-refractivity contribution >= 4 is 11.9 Å². The van der Waals surface area contributed by atoms with Gasteiger partial charge in [0.15, 0.2) is 11.6 Å². The maximum atomic E-state index is 13.1. The van der Waals surface area contributed by atoms with Crippen molar-refractivity contribution in [2.24, 2.45) is 11.8 Å². The molecule has 0 aliphatic heterocycles. The van der Waals surface area contributed by atoms with Crippen LogP contribution in [0.15, 0.2) is 18.2 Å². The fourth-order valence-corrected chi connectivity index (χ4v) is 1.94. The number of halogens is 2. The molecule has 2 N–H and O–H groups in total. The Morgan fingerprint density at radius 2 is 2.00 bits per heavy atom. The van der Waals surface area contributed by atoms with Crippen LogP contribution in [0, 0.1) is 23.5 Å². The molecule has 1 aliphatic rings. The van der Waals surface area contributed by atoms with E-state index < -0.39 is 35.5 Å². The van der Waals surface area contributed by atoms with Crippen LogP contribution in [0.3, 0.4) is 0 Å². The summed E-state index contributed by atoms with van der Waals surface area (Å²) >= 11 is 0. The Balaban J connectivity index is 1.97. The number of aliphatic carboxylic acids is 1. The molecule has 1 aromatic rings. The minimum absolute atomic E-state index is 0.325. The SMILES string of the molecule is CC(NC(=O)[C@@H]1C[C@@H]1C(=O)O)c1ccc(F)c(F)c1. The Hall–Kier alpha value is -1.98. The van der Waals surface area contributed by atoms with E-state index in [1.54, 1.807) is 6.92 Å². The van der Waals surface area contributed by atoms with E-state index in [0.717, 1.165) is 12.1 Å². The predicted octanol–water partition coefficient (Wildman–Crippen LogP) is 1.86. The highest BCUT2D eigenvalue weighted by Crippen LogP contribution is 2.39. The fraction of sp³-hybridized carbons (Fsp3) is 0.385. The van der Waals surface area contributed by atoms with Gasteiger partial charge in [-0.3, -0.25) is 9.59 Å². The van der Waals surface area contributed by atoms with E-state index in [4.69, 9.17) is 5.11 Å². The molecule has 102 valence electrons. The number of carboxylic acid groups (broad SMARTS) is 1. The van der Waals surface area contributed by atoms with Crippen molar-refractivity contribution < 1.29 is 23.5 Å². The van der Waals surface area contributed by atoms with E-state index in [1.165, 1.54) is 6.07 Å². The zero-order valence-electron chi connectivity index (χ0n) is 10.2. The first-order chi connectivity index (χ1) is 8.90. The monoisotopic (exact) mass is 269 g/mol. The summed E-state index contributed by atoms with van der Waals surface area (Å²) in [5.41, 5.74) is 0.430. The zero-order valence-corrected chi connectivity index (χ0v) is 10.2. The van der Waals surface area contributed by atoms with E-state index in [2.05, 4.69) is 5.32 Å². The number of carbonyl (C=O) groups excluding carboxylic acids is 1. The molecule has 0 radical (unpaired) electrons. The van der Waals surface area contributed by atoms with Crippen molar-refractivity contribution in [1.82, 2.24) is 5.32 Å². The van der Waals surface area contributed by atoms with E-state index in [9.17, 15) is 18.4 Å². The van der Waals surface area contributed by atoms with Gasteiger partial charge in [-0.2, -0.15) is 0 Å². The molecule has 1 unspecified atom stereocenters. The molecule has 0 heterocycles. The molecule has 0 saturated heterocycles. The number of rotatable bonds is 4. The Bertz CT molecular complexity index is 533. The Kier molecular flexibility index (Phi) is 3.50. The third kappa shape index (κ3) is 2.89. The van der Waals surface area contributed by atoms with Crippen LogP contribution in [-0.2, 0) is 9.59 Å². The van der Waals surface area contributed by atoms with Gasteiger partial charge in [0, 0.05) is 0 Å². The van der Waals surface area contributed by atoms with Gasteiger partial charge in [-0.15, -0.1) is 0 Å². The molecule has 0 aromatic heterocycles. The van der Waals surface area contributed by atoms with E-state index in [0.29, 0.717) is 12.0 Å². The number of nitrogens with one attached hydrogen (secondary N) is 1. The van der Waals surface area contributed by atoms with Crippen molar-refractivity contribution in [3.63, 3.8) is 0 Å². The second-order valence-corrected chi connectivity index (χ2v) is 4.69. The number of hydrogen-bond acceptors (Lipinski definition) is 2. The van der Waals surface area contributed by atoms with Gasteiger partial charge in [0.05, 0.1) is 17.9 Å². The molecule has 1 saturated carbocycles. The van der Waals surface area contributed by atoms with Crippen molar-refractivity contribution in [2.75, 3.05) is 0 Å². The average molecular weight is 269 g/mol. The summed E-state index contributed by atoms with van der Waals surface area (Å²) in [6.45, 7) is 1.63. The van der Waals surface area contributed by atoms with Crippen LogP contribution in [0.4, 0.5) is 8.78 Å². The molecule has 1 amide bonds. The molecular weight excluding hydrogens is 256 g/mol. The predicted molar refractivity (Wildman–Crippen MR) is 62.1 cm³/mol. The molecule has 6 heteroatoms. The molecule has 0 spiro atoms. The van der Waals surface area contributed by atoms with Crippen LogP contribution in [0.25, 0.3) is 0 Å². The van der Waals surface area contributed by atoms with Gasteiger partial charge in [0.1, 0.15) is 0 Å². The summed E-state index contributed by atoms with van der Waals surface area (Å²) in [6.07, 6.45) is 0.325. The highest BCUT2D eigenvalue weighted by Gasteiger charge is 2.48. The number of amides is 1. The second kappa shape index (κ2) is 4.95. The van der Waals surface area contributed by atoms with Gasteiger partial charge in [-0.05, 0) is 31.0 Å². The molecule has 3 atom stereocenters. The summed E-state index contributed by atoms with van der Waals surface area (Å²) < 4.78 is 25.8. The van der Waals surface area contributed by atoms with E-state index >= 15 is 0 Å². The van der Waals surface area contributed by atoms with Crippen molar-refractivity contribution in [2.45, 2.75) is 19.4 Å². The lowest BCUT2D eigenvalue weighted by molar-refractivity contribution is -0.140. The van der Waals surface area contributed by atoms with Crippen molar-refractivity contribution in [3.05, 3.63) is 35.4 Å². The third-order valence-electron chi connectivity index (χ3n) is 3.25. The van der Waals surface area contributed by atoms with Crippen molar-refractivity contribution in [3.8, 4) is 0 Å². The maximum absolute atomic E-state index is 13.1. The summed E-state index contributed by atoms with van der Waals surface area (Å²) in [4.78, 5) is 22.4. The molecule has 1 aliphatic carbocycles. The lowest BCUT2D eigenvalue weighted by Gasteiger charge is -2.14. The smallest absolute Gasteiger partial charge is 0.307 e. The number of benzene rings is 1. The Morgan fingerprint density at radius 1 is 1.32 bits per heavy atom. The lowest BCUT2D eigenvalue weighted by atomic mass is 10.1. The van der Waals surface area contributed by atoms with Crippen LogP contribution in [0.5, 0.6) is 0 Å². The molecule has 0 bridgehead atoms. The molecule has 19 heavy (non-hydrogen) atoms. The van der Waals surface area contributed by atoms with Crippen LogP contribution in [-0.4, -0.2) is 17.0 Å². The number of hydrogen-bond donors (Lipinski definition) is 2. The standard InChI is InChI=1S/C13H13F2NO3/c1-6(7-2-3-10(14)11(15)4-7)16-12(17)8-5-9(8)13(18)19/h2-4,6,8-9H,5H2,1H3,(H,16,17)(H,18,19)/t6?,8-,9+/m1/s1. The molecule has 1 aromatic carbocycles. The molecule has 4 nitrogen and oxygen atoms in total. The highest BCUT2D eigenvalue weighted by atomic mass is 19.2. The fourth-order valence-electron chi connectivity index (χ4n) is 1.94. The first kappa shape index (κ1) is 13.5. The second-order valence-electron chi connectivity index (χ2n) is 4.69. The molecular formula is C13H13F2NO3. The summed E-state index contributed by atoms with van der Waals surface area (Å²) in [5.74, 6) is -4.43. The Morgan fingerprint density at radius 3 is 2.53 bits per heavy atom. The van der Waals surface area contributed by atoms with Gasteiger partial charge in [0.2, 0.25) is 5.91 Å². The van der Waals surface area contributed by atoms with Crippen molar-refractivity contribution in [1.29, 1.82) is 0 Å². The first-order valence-corrected chi connectivity index (χ1v) is 5.88. The minimum atomic E-state index is -0.986. The maximum Gasteiger partial charge on any atom is 0.307 e.